The van der Waals surface area contributed by atoms with Gasteiger partial charge in [-0.25, -0.2) is 15.0 Å². The minimum atomic E-state index is 0.250. The fourth-order valence-corrected chi connectivity index (χ4v) is 6.65. The van der Waals surface area contributed by atoms with E-state index in [9.17, 15) is 4.79 Å². The molecule has 0 saturated carbocycles. The molecular weight excluding hydrogens is 614 g/mol. The highest BCUT2D eigenvalue weighted by molar-refractivity contribution is 5.83. The molecule has 0 radical (unpaired) electrons. The van der Waals surface area contributed by atoms with Crippen molar-refractivity contribution in [2.45, 2.75) is 58.5 Å². The van der Waals surface area contributed by atoms with Gasteiger partial charge in [0, 0.05) is 50.1 Å². The molecule has 12 nitrogen and oxygen atoms in total. The minimum Gasteiger partial charge on any atom is -0.436 e. The monoisotopic (exact) mass is 651 g/mol. The summed E-state index contributed by atoms with van der Waals surface area (Å²) < 4.78 is 26.4. The molecule has 12 heteroatoms. The van der Waals surface area contributed by atoms with Gasteiger partial charge in [-0.1, -0.05) is 6.07 Å². The third-order valence-corrected chi connectivity index (χ3v) is 8.79. The van der Waals surface area contributed by atoms with Gasteiger partial charge in [0.05, 0.1) is 22.1 Å². The van der Waals surface area contributed by atoms with Crippen LogP contribution < -0.4 is 4.74 Å². The van der Waals surface area contributed by atoms with Crippen molar-refractivity contribution in [3.8, 4) is 17.2 Å². The van der Waals surface area contributed by atoms with Crippen LogP contribution in [0.1, 0.15) is 55.0 Å². The summed E-state index contributed by atoms with van der Waals surface area (Å²) in [6.07, 6.45) is 4.36. The molecule has 5 heterocycles. The van der Waals surface area contributed by atoms with Crippen molar-refractivity contribution in [2.75, 3.05) is 26.4 Å². The fourth-order valence-electron chi connectivity index (χ4n) is 6.65. The summed E-state index contributed by atoms with van der Waals surface area (Å²) in [6.45, 7) is 9.84. The van der Waals surface area contributed by atoms with Crippen LogP contribution in [0.25, 0.3) is 44.6 Å². The van der Waals surface area contributed by atoms with Crippen LogP contribution in [-0.2, 0) is 23.9 Å². The smallest absolute Gasteiger partial charge is 0.373 e. The third kappa shape index (κ3) is 6.91. The van der Waals surface area contributed by atoms with Gasteiger partial charge in [-0.15, -0.1) is 0 Å². The molecule has 3 aromatic carbocycles. The van der Waals surface area contributed by atoms with Gasteiger partial charge in [-0.3, -0.25) is 4.79 Å². The minimum absolute atomic E-state index is 0.250. The van der Waals surface area contributed by atoms with Gasteiger partial charge in [0.1, 0.15) is 22.9 Å². The number of fused-ring (bicyclic) bond motifs is 3. The molecular formula is C36H37N5O7. The second-order valence-electron chi connectivity index (χ2n) is 11.9. The summed E-state index contributed by atoms with van der Waals surface area (Å²) in [7, 11) is 0. The number of rotatable bonds is 5. The molecule has 6 aromatic rings. The molecule has 3 aromatic heterocycles. The molecule has 2 aliphatic rings. The zero-order valence-electron chi connectivity index (χ0n) is 27.2. The first kappa shape index (κ1) is 32.8. The number of hydrogen-bond acceptors (Lipinski definition) is 10. The average Bonchev–Trinajstić information content (AvgIpc) is 3.77. The van der Waals surface area contributed by atoms with Crippen LogP contribution in [0.15, 0.2) is 59.0 Å². The van der Waals surface area contributed by atoms with Crippen molar-refractivity contribution in [3.63, 3.8) is 0 Å². The van der Waals surface area contributed by atoms with Gasteiger partial charge in [0.25, 0.3) is 6.47 Å². The van der Waals surface area contributed by atoms with Crippen LogP contribution in [0.4, 0.5) is 0 Å². The lowest BCUT2D eigenvalue weighted by molar-refractivity contribution is -0.191. The Labute approximate surface area is 276 Å². The van der Waals surface area contributed by atoms with E-state index in [0.717, 1.165) is 97.0 Å². The first-order valence-electron chi connectivity index (χ1n) is 16.0. The van der Waals surface area contributed by atoms with E-state index in [-0.39, 0.29) is 6.15 Å². The van der Waals surface area contributed by atoms with Crippen LogP contribution in [0.2, 0.25) is 0 Å². The number of aromatic nitrogens is 5. The second kappa shape index (κ2) is 14.7. The molecule has 0 spiro atoms. The van der Waals surface area contributed by atoms with Gasteiger partial charge in [0.15, 0.2) is 5.58 Å². The van der Waals surface area contributed by atoms with Gasteiger partial charge in [-0.05, 0) is 94.5 Å². The highest BCUT2D eigenvalue weighted by atomic mass is 16.5. The molecule has 8 rings (SSSR count). The summed E-state index contributed by atoms with van der Waals surface area (Å²) in [5, 5.41) is 0. The van der Waals surface area contributed by atoms with Crippen molar-refractivity contribution in [2.24, 2.45) is 0 Å². The topological polar surface area (TPSA) is 141 Å². The van der Waals surface area contributed by atoms with Gasteiger partial charge >= 0.3 is 6.15 Å². The molecule has 2 aliphatic heterocycles. The number of hydrogen-bond donors (Lipinski definition) is 0. The Bertz CT molecular complexity index is 2080. The first-order valence-corrected chi connectivity index (χ1v) is 16.0. The quantitative estimate of drug-likeness (QED) is 0.191. The Morgan fingerprint density at radius 1 is 0.729 bits per heavy atom. The lowest BCUT2D eigenvalue weighted by Crippen LogP contribution is -2.20. The van der Waals surface area contributed by atoms with Crippen LogP contribution in [0.5, 0.6) is 5.75 Å². The number of benzene rings is 3. The van der Waals surface area contributed by atoms with Crippen molar-refractivity contribution in [1.82, 2.24) is 24.1 Å². The predicted octanol–water partition coefficient (Wildman–Crippen LogP) is 6.46. The van der Waals surface area contributed by atoms with Crippen molar-refractivity contribution in [3.05, 3.63) is 71.8 Å². The highest BCUT2D eigenvalue weighted by Crippen LogP contribution is 2.32. The molecule has 0 bridgehead atoms. The first-order chi connectivity index (χ1) is 23.4. The van der Waals surface area contributed by atoms with E-state index in [4.69, 9.17) is 33.2 Å². The molecule has 0 unspecified atom stereocenters. The van der Waals surface area contributed by atoms with Crippen molar-refractivity contribution >= 4 is 45.8 Å². The third-order valence-electron chi connectivity index (χ3n) is 8.79. The zero-order chi connectivity index (χ0) is 33.6. The lowest BCUT2D eigenvalue weighted by atomic mass is 10.1. The standard InChI is InChI=1S/C21H21N3O2.C14H16N2O3.CO2/c1-13-3-6-20-18(11-13)23-21(26-20)15-4-5-19-17(12-15)22-14(2)24(19)16-7-9-25-10-8-16;1-10-15-13-8-12(19-9-17)2-3-14(13)16(10)11-4-6-18-7-5-11;2-1-3/h3-6,11-12,16H,7-10H2,1-2H3;2-3,8-9,11H,4-7H2,1H3;. The number of carbonyl (C=O) groups is 1. The molecule has 48 heavy (non-hydrogen) atoms. The van der Waals surface area contributed by atoms with Crippen LogP contribution >= 0.6 is 0 Å². The van der Waals surface area contributed by atoms with E-state index >= 15 is 0 Å². The second-order valence-corrected chi connectivity index (χ2v) is 11.9. The zero-order valence-corrected chi connectivity index (χ0v) is 27.2. The van der Waals surface area contributed by atoms with Crippen LogP contribution in [0, 0.1) is 20.8 Å². The SMILES string of the molecule is Cc1ccc2oc(-c3ccc4c(c3)nc(C)n4C3CCOCC3)nc2c1.Cc1nc2cc(OC=O)ccc2n1C1CCOCC1.O=C=O. The average molecular weight is 652 g/mol. The van der Waals surface area contributed by atoms with E-state index in [1.54, 1.807) is 12.1 Å². The van der Waals surface area contributed by atoms with Crippen molar-refractivity contribution in [1.29, 1.82) is 0 Å². The highest BCUT2D eigenvalue weighted by Gasteiger charge is 2.22. The summed E-state index contributed by atoms with van der Waals surface area (Å²) >= 11 is 0. The molecule has 0 atom stereocenters. The van der Waals surface area contributed by atoms with Crippen molar-refractivity contribution < 1.29 is 33.0 Å². The molecule has 0 amide bonds. The molecule has 2 fully saturated rings. The summed E-state index contributed by atoms with van der Waals surface area (Å²) in [5.41, 5.74) is 7.96. The van der Waals surface area contributed by atoms with Gasteiger partial charge < -0.3 is 27.8 Å². The molecule has 0 N–H and O–H groups in total. The van der Waals surface area contributed by atoms with Crippen LogP contribution in [0.3, 0.4) is 0 Å². The fraction of sp³-hybridized carbons (Fsp3) is 0.361. The Kier molecular flexibility index (Phi) is 10.1. The summed E-state index contributed by atoms with van der Waals surface area (Å²) in [5.74, 6) is 3.22. The maximum atomic E-state index is 10.4. The maximum absolute atomic E-state index is 10.4. The number of ether oxygens (including phenoxy) is 3. The van der Waals surface area contributed by atoms with E-state index < -0.39 is 0 Å². The Morgan fingerprint density at radius 3 is 1.88 bits per heavy atom. The molecule has 0 aliphatic carbocycles. The number of aryl methyl sites for hydroxylation is 3. The summed E-state index contributed by atoms with van der Waals surface area (Å²) in [6, 6.07) is 18.8. The summed E-state index contributed by atoms with van der Waals surface area (Å²) in [4.78, 5) is 40.6. The van der Waals surface area contributed by atoms with Gasteiger partial charge in [-0.2, -0.15) is 9.59 Å². The van der Waals surface area contributed by atoms with E-state index in [1.165, 1.54) is 11.1 Å². The Hall–Kier alpha value is -5.16. The van der Waals surface area contributed by atoms with E-state index in [0.29, 0.717) is 30.2 Å². The number of carbonyl (C=O) groups excluding carboxylic acids is 3. The maximum Gasteiger partial charge on any atom is 0.373 e. The molecule has 2 saturated heterocycles. The normalized spacial score (nSPS) is 15.4. The Morgan fingerprint density at radius 2 is 1.29 bits per heavy atom. The number of nitrogens with zero attached hydrogens (tertiary/aromatic N) is 5. The van der Waals surface area contributed by atoms with Gasteiger partial charge in [0.2, 0.25) is 5.89 Å². The Balaban J connectivity index is 0.000000161. The van der Waals surface area contributed by atoms with E-state index in [2.05, 4.69) is 51.1 Å². The van der Waals surface area contributed by atoms with Crippen LogP contribution in [-0.4, -0.2) is 63.1 Å². The number of imidazole rings is 2. The molecule has 248 valence electrons. The largest absolute Gasteiger partial charge is 0.436 e. The predicted molar refractivity (Wildman–Crippen MR) is 177 cm³/mol. The number of oxazole rings is 1. The lowest BCUT2D eigenvalue weighted by Gasteiger charge is -2.25. The van der Waals surface area contributed by atoms with E-state index in [1.807, 2.05) is 31.2 Å².